The molecule has 5 heteroatoms. The van der Waals surface area contributed by atoms with Gasteiger partial charge in [-0.2, -0.15) is 0 Å². The Morgan fingerprint density at radius 3 is 2.63 bits per heavy atom. The highest BCUT2D eigenvalue weighted by Gasteiger charge is 2.11. The van der Waals surface area contributed by atoms with Crippen molar-refractivity contribution in [3.05, 3.63) is 51.6 Å². The van der Waals surface area contributed by atoms with E-state index in [1.54, 1.807) is 12.1 Å². The fourth-order valence-electron chi connectivity index (χ4n) is 1.65. The van der Waals surface area contributed by atoms with E-state index in [1.165, 1.54) is 0 Å². The summed E-state index contributed by atoms with van der Waals surface area (Å²) >= 11 is 3.41. The lowest BCUT2D eigenvalue weighted by molar-refractivity contribution is 0.457. The van der Waals surface area contributed by atoms with Gasteiger partial charge in [0.1, 0.15) is 11.6 Å². The van der Waals surface area contributed by atoms with Crippen molar-refractivity contribution in [3.8, 4) is 11.6 Å². The summed E-state index contributed by atoms with van der Waals surface area (Å²) < 4.78 is 6.77. The van der Waals surface area contributed by atoms with Crippen molar-refractivity contribution >= 4 is 21.8 Å². The number of rotatable bonds is 3. The number of hydrogen-bond donors (Lipinski definition) is 2. The molecule has 2 rings (SSSR count). The van der Waals surface area contributed by atoms with E-state index in [-0.39, 0.29) is 5.84 Å². The van der Waals surface area contributed by atoms with E-state index in [0.717, 1.165) is 15.7 Å². The molecule has 0 aliphatic carbocycles. The summed E-state index contributed by atoms with van der Waals surface area (Å²) in [7, 11) is 0. The maximum absolute atomic E-state index is 7.55. The number of nitrogens with two attached hydrogens (primary N) is 1. The highest BCUT2D eigenvalue weighted by Crippen LogP contribution is 2.28. The standard InChI is InChI=1S/C14H14BrN3O/c1-8-7-10(15)4-6-12(8)19-14-11(13(16)17)5-3-9(2)18-14/h3-7H,1-2H3,(H3,16,17). The number of benzene rings is 1. The molecule has 0 atom stereocenters. The van der Waals surface area contributed by atoms with E-state index < -0.39 is 0 Å². The summed E-state index contributed by atoms with van der Waals surface area (Å²) in [6.45, 7) is 3.81. The molecule has 0 amide bonds. The van der Waals surface area contributed by atoms with E-state index in [1.807, 2.05) is 32.0 Å². The smallest absolute Gasteiger partial charge is 0.230 e. The van der Waals surface area contributed by atoms with E-state index in [9.17, 15) is 0 Å². The second kappa shape index (κ2) is 5.40. The van der Waals surface area contributed by atoms with Crippen molar-refractivity contribution in [1.82, 2.24) is 4.98 Å². The number of amidine groups is 1. The molecule has 0 saturated heterocycles. The highest BCUT2D eigenvalue weighted by atomic mass is 79.9. The van der Waals surface area contributed by atoms with Gasteiger partial charge >= 0.3 is 0 Å². The lowest BCUT2D eigenvalue weighted by Crippen LogP contribution is -2.13. The maximum Gasteiger partial charge on any atom is 0.230 e. The van der Waals surface area contributed by atoms with Gasteiger partial charge in [-0.3, -0.25) is 5.41 Å². The quantitative estimate of drug-likeness (QED) is 0.671. The van der Waals surface area contributed by atoms with Crippen molar-refractivity contribution in [3.63, 3.8) is 0 Å². The van der Waals surface area contributed by atoms with Gasteiger partial charge in [0.2, 0.25) is 5.88 Å². The molecule has 4 nitrogen and oxygen atoms in total. The van der Waals surface area contributed by atoms with Crippen LogP contribution in [-0.4, -0.2) is 10.8 Å². The van der Waals surface area contributed by atoms with Gasteiger partial charge in [0.05, 0.1) is 5.56 Å². The third-order valence-electron chi connectivity index (χ3n) is 2.63. The zero-order valence-corrected chi connectivity index (χ0v) is 12.3. The normalized spacial score (nSPS) is 10.3. The number of ether oxygens (including phenoxy) is 1. The van der Waals surface area contributed by atoms with Gasteiger partial charge < -0.3 is 10.5 Å². The van der Waals surface area contributed by atoms with Crippen molar-refractivity contribution in [1.29, 1.82) is 5.41 Å². The Labute approximate surface area is 120 Å². The molecule has 19 heavy (non-hydrogen) atoms. The maximum atomic E-state index is 7.55. The van der Waals surface area contributed by atoms with Crippen molar-refractivity contribution in [2.24, 2.45) is 5.73 Å². The third-order valence-corrected chi connectivity index (χ3v) is 3.13. The number of aryl methyl sites for hydroxylation is 2. The summed E-state index contributed by atoms with van der Waals surface area (Å²) in [5, 5.41) is 7.55. The number of aromatic nitrogens is 1. The predicted molar refractivity (Wildman–Crippen MR) is 78.9 cm³/mol. The molecular weight excluding hydrogens is 306 g/mol. The van der Waals surface area contributed by atoms with Crippen LogP contribution in [0.2, 0.25) is 0 Å². The fraction of sp³-hybridized carbons (Fsp3) is 0.143. The molecule has 0 saturated carbocycles. The first kappa shape index (κ1) is 13.5. The van der Waals surface area contributed by atoms with E-state index in [0.29, 0.717) is 17.2 Å². The molecule has 0 spiro atoms. The van der Waals surface area contributed by atoms with Gasteiger partial charge in [-0.25, -0.2) is 4.98 Å². The van der Waals surface area contributed by atoms with E-state index in [4.69, 9.17) is 15.9 Å². The van der Waals surface area contributed by atoms with E-state index >= 15 is 0 Å². The first-order valence-electron chi connectivity index (χ1n) is 5.73. The summed E-state index contributed by atoms with van der Waals surface area (Å²) in [6.07, 6.45) is 0. The molecule has 1 heterocycles. The van der Waals surface area contributed by atoms with Crippen LogP contribution in [0.4, 0.5) is 0 Å². The van der Waals surface area contributed by atoms with Crippen LogP contribution in [0, 0.1) is 19.3 Å². The largest absolute Gasteiger partial charge is 0.438 e. The minimum Gasteiger partial charge on any atom is -0.438 e. The molecular formula is C14H14BrN3O. The Kier molecular flexibility index (Phi) is 3.85. The summed E-state index contributed by atoms with van der Waals surface area (Å²) in [5.74, 6) is 0.999. The molecule has 0 aliphatic rings. The molecule has 1 aromatic carbocycles. The molecule has 1 aromatic heterocycles. The first-order valence-corrected chi connectivity index (χ1v) is 6.52. The SMILES string of the molecule is Cc1ccc(C(=N)N)c(Oc2ccc(Br)cc2C)n1. The Hall–Kier alpha value is -1.88. The van der Waals surface area contributed by atoms with Crippen molar-refractivity contribution < 1.29 is 4.74 Å². The van der Waals surface area contributed by atoms with Crippen LogP contribution in [0.1, 0.15) is 16.8 Å². The van der Waals surface area contributed by atoms with E-state index in [2.05, 4.69) is 20.9 Å². The van der Waals surface area contributed by atoms with Crippen LogP contribution in [0.5, 0.6) is 11.6 Å². The molecule has 0 aliphatic heterocycles. The molecule has 0 unspecified atom stereocenters. The van der Waals surface area contributed by atoms with Gasteiger partial charge in [-0.15, -0.1) is 0 Å². The number of nitrogen functional groups attached to an aromatic ring is 1. The average molecular weight is 320 g/mol. The first-order chi connectivity index (χ1) is 8.97. The van der Waals surface area contributed by atoms with Gasteiger partial charge in [0, 0.05) is 10.2 Å². The summed E-state index contributed by atoms with van der Waals surface area (Å²) in [4.78, 5) is 4.30. The minimum absolute atomic E-state index is 0.0581. The summed E-state index contributed by atoms with van der Waals surface area (Å²) in [6, 6.07) is 9.25. The lowest BCUT2D eigenvalue weighted by Gasteiger charge is -2.12. The third kappa shape index (κ3) is 3.12. The Morgan fingerprint density at radius 2 is 2.00 bits per heavy atom. The van der Waals surface area contributed by atoms with Gasteiger partial charge in [0.15, 0.2) is 0 Å². The second-order valence-electron chi connectivity index (χ2n) is 4.23. The Bertz CT molecular complexity index is 641. The molecule has 0 fully saturated rings. The number of pyridine rings is 1. The average Bonchev–Trinajstić information content (AvgIpc) is 2.32. The molecule has 98 valence electrons. The number of nitrogens with one attached hydrogen (secondary N) is 1. The monoisotopic (exact) mass is 319 g/mol. The van der Waals surface area contributed by atoms with Gasteiger partial charge in [-0.05, 0) is 49.7 Å². The van der Waals surface area contributed by atoms with Crippen LogP contribution in [-0.2, 0) is 0 Å². The summed E-state index contributed by atoms with van der Waals surface area (Å²) in [5.41, 5.74) is 7.82. The van der Waals surface area contributed by atoms with Gasteiger partial charge in [0.25, 0.3) is 0 Å². The Morgan fingerprint density at radius 1 is 1.26 bits per heavy atom. The van der Waals surface area contributed by atoms with Gasteiger partial charge in [-0.1, -0.05) is 15.9 Å². The molecule has 3 N–H and O–H groups in total. The molecule has 0 bridgehead atoms. The number of hydrogen-bond acceptors (Lipinski definition) is 3. The van der Waals surface area contributed by atoms with Crippen molar-refractivity contribution in [2.75, 3.05) is 0 Å². The van der Waals surface area contributed by atoms with Crippen molar-refractivity contribution in [2.45, 2.75) is 13.8 Å². The minimum atomic E-state index is -0.0581. The Balaban J connectivity index is 2.42. The lowest BCUT2D eigenvalue weighted by atomic mass is 10.2. The number of halogens is 1. The predicted octanol–water partition coefficient (Wildman–Crippen LogP) is 3.54. The fourth-order valence-corrected chi connectivity index (χ4v) is 2.12. The van der Waals surface area contributed by atoms with Crippen LogP contribution in [0.25, 0.3) is 0 Å². The topological polar surface area (TPSA) is 72.0 Å². The zero-order chi connectivity index (χ0) is 14.0. The highest BCUT2D eigenvalue weighted by molar-refractivity contribution is 9.10. The van der Waals surface area contributed by atoms with Crippen LogP contribution in [0.15, 0.2) is 34.8 Å². The molecule has 2 aromatic rings. The zero-order valence-electron chi connectivity index (χ0n) is 10.7. The number of nitrogens with zero attached hydrogens (tertiary/aromatic N) is 1. The van der Waals surface area contributed by atoms with Crippen LogP contribution < -0.4 is 10.5 Å². The molecule has 0 radical (unpaired) electrons. The van der Waals surface area contributed by atoms with Crippen LogP contribution in [0.3, 0.4) is 0 Å². The van der Waals surface area contributed by atoms with Crippen LogP contribution >= 0.6 is 15.9 Å². The second-order valence-corrected chi connectivity index (χ2v) is 5.15.